The molecule has 3 aromatic rings. The van der Waals surface area contributed by atoms with E-state index in [-0.39, 0.29) is 41.7 Å². The predicted molar refractivity (Wildman–Crippen MR) is 164 cm³/mol. The molecule has 10 heteroatoms. The normalized spacial score (nSPS) is 31.7. The lowest BCUT2D eigenvalue weighted by atomic mass is 9.56. The van der Waals surface area contributed by atoms with Crippen LogP contribution in [0.1, 0.15) is 45.1 Å². The molecule has 2 aliphatic heterocycles. The van der Waals surface area contributed by atoms with Crippen molar-refractivity contribution in [3.05, 3.63) is 83.7 Å². The van der Waals surface area contributed by atoms with E-state index < -0.39 is 56.6 Å². The van der Waals surface area contributed by atoms with Gasteiger partial charge in [0.2, 0.25) is 11.8 Å². The zero-order chi connectivity index (χ0) is 31.5. The molecule has 6 atom stereocenters. The van der Waals surface area contributed by atoms with Gasteiger partial charge in [-0.3, -0.25) is 24.1 Å². The monoisotopic (exact) mass is 634 g/mol. The van der Waals surface area contributed by atoms with Crippen LogP contribution in [-0.4, -0.2) is 48.9 Å². The highest BCUT2D eigenvalue weighted by atomic mass is 35.5. The van der Waals surface area contributed by atoms with Crippen molar-refractivity contribution in [1.29, 1.82) is 0 Å². The molecule has 2 aliphatic carbocycles. The number of phenolic OH excluding ortho intramolecular Hbond substituents is 1. The van der Waals surface area contributed by atoms with Crippen LogP contribution >= 0.6 is 23.2 Å². The van der Waals surface area contributed by atoms with E-state index in [1.54, 1.807) is 45.0 Å². The minimum atomic E-state index is -2.12. The molecule has 3 aromatic carbocycles. The number of benzene rings is 3. The number of rotatable bonds is 2. The maximum atomic E-state index is 14.5. The van der Waals surface area contributed by atoms with Crippen LogP contribution in [0.4, 0.5) is 10.1 Å². The van der Waals surface area contributed by atoms with Crippen LogP contribution in [0.2, 0.25) is 0 Å². The Labute approximate surface area is 263 Å². The first-order valence-electron chi connectivity index (χ1n) is 14.5. The lowest BCUT2D eigenvalue weighted by Crippen LogP contribution is -2.60. The molecular weight excluding hydrogens is 606 g/mol. The number of halogens is 3. The fourth-order valence-corrected chi connectivity index (χ4v) is 8.84. The van der Waals surface area contributed by atoms with Crippen molar-refractivity contribution in [3.63, 3.8) is 0 Å². The van der Waals surface area contributed by atoms with Gasteiger partial charge in [-0.05, 0) is 69.2 Å². The van der Waals surface area contributed by atoms with Crippen molar-refractivity contribution < 1.29 is 28.7 Å². The topological polar surface area (TPSA) is 95.0 Å². The maximum Gasteiger partial charge on any atom is 0.258 e. The quantitative estimate of drug-likeness (QED) is 0.210. The SMILES string of the molecule is CC(C)(C)N1C(=O)C2CC=C3C(CC4(Cl)C(=O)N(c5ccc(F)cc5)C(=O)C4(Cl)C3c3ccc4ccccc4c3O)C2C1=O. The first kappa shape index (κ1) is 29.0. The molecule has 44 heavy (non-hydrogen) atoms. The van der Waals surface area contributed by atoms with Crippen molar-refractivity contribution >= 4 is 63.3 Å². The summed E-state index contributed by atoms with van der Waals surface area (Å²) in [6, 6.07) is 15.5. The molecule has 3 fully saturated rings. The van der Waals surface area contributed by atoms with Crippen molar-refractivity contribution in [2.24, 2.45) is 17.8 Å². The maximum absolute atomic E-state index is 14.5. The largest absolute Gasteiger partial charge is 0.507 e. The number of alkyl halides is 2. The molecule has 7 nitrogen and oxygen atoms in total. The van der Waals surface area contributed by atoms with E-state index >= 15 is 0 Å². The molecule has 6 unspecified atom stereocenters. The summed E-state index contributed by atoms with van der Waals surface area (Å²) in [7, 11) is 0. The number of carbonyl (C=O) groups is 4. The lowest BCUT2D eigenvalue weighted by molar-refractivity contribution is -0.145. The second kappa shape index (κ2) is 9.38. The number of imide groups is 2. The molecule has 0 aromatic heterocycles. The highest BCUT2D eigenvalue weighted by molar-refractivity contribution is 6.58. The van der Waals surface area contributed by atoms with Crippen molar-refractivity contribution in [3.8, 4) is 5.75 Å². The Morgan fingerprint density at radius 2 is 1.57 bits per heavy atom. The Morgan fingerprint density at radius 1 is 0.886 bits per heavy atom. The predicted octanol–water partition coefficient (Wildman–Crippen LogP) is 6.05. The summed E-state index contributed by atoms with van der Waals surface area (Å²) in [5.41, 5.74) is 0.189. The van der Waals surface area contributed by atoms with E-state index in [1.165, 1.54) is 17.0 Å². The van der Waals surface area contributed by atoms with Gasteiger partial charge in [0.1, 0.15) is 11.6 Å². The second-order valence-corrected chi connectivity index (χ2v) is 14.4. The van der Waals surface area contributed by atoms with Gasteiger partial charge in [-0.25, -0.2) is 9.29 Å². The van der Waals surface area contributed by atoms with Gasteiger partial charge in [0.05, 0.1) is 17.5 Å². The number of carbonyl (C=O) groups excluding carboxylic acids is 4. The number of hydrogen-bond donors (Lipinski definition) is 1. The molecule has 0 spiro atoms. The Bertz CT molecular complexity index is 1840. The second-order valence-electron chi connectivity index (χ2n) is 13.2. The average molecular weight is 636 g/mol. The smallest absolute Gasteiger partial charge is 0.258 e. The van der Waals surface area contributed by atoms with Crippen molar-refractivity contribution in [2.75, 3.05) is 4.90 Å². The number of anilines is 1. The van der Waals surface area contributed by atoms with Crippen LogP contribution in [-0.2, 0) is 19.2 Å². The van der Waals surface area contributed by atoms with Crippen LogP contribution < -0.4 is 4.90 Å². The number of allylic oxidation sites excluding steroid dienone is 2. The Balaban J connectivity index is 1.47. The van der Waals surface area contributed by atoms with Gasteiger partial charge in [0.25, 0.3) is 11.8 Å². The number of fused-ring (bicyclic) bond motifs is 5. The van der Waals surface area contributed by atoms with Gasteiger partial charge >= 0.3 is 0 Å². The van der Waals surface area contributed by atoms with Gasteiger partial charge in [0, 0.05) is 22.4 Å². The summed E-state index contributed by atoms with van der Waals surface area (Å²) >= 11 is 14.8. The molecule has 0 bridgehead atoms. The third-order valence-electron chi connectivity index (χ3n) is 9.81. The van der Waals surface area contributed by atoms with E-state index in [1.807, 2.05) is 18.2 Å². The molecule has 226 valence electrons. The Kier molecular flexibility index (Phi) is 6.18. The molecule has 4 aliphatic rings. The van der Waals surface area contributed by atoms with Crippen LogP contribution in [0.3, 0.4) is 0 Å². The summed E-state index contributed by atoms with van der Waals surface area (Å²) in [6.45, 7) is 5.37. The first-order chi connectivity index (χ1) is 20.7. The standard InChI is InChI=1S/C34H29Cl2FN2O5/c1-32(2,3)39-28(41)22-15-14-21-24(25(22)29(39)42)16-33(35)30(43)38(19-11-9-18(37)10-12-19)31(44)34(33,36)26(21)23-13-8-17-6-4-5-7-20(17)27(23)40/h4-14,22,24-26,40H,15-16H2,1-3H3. The number of likely N-dealkylation sites (tertiary alicyclic amines) is 1. The molecule has 4 amide bonds. The highest BCUT2D eigenvalue weighted by Gasteiger charge is 2.77. The third-order valence-corrected chi connectivity index (χ3v) is 11.2. The van der Waals surface area contributed by atoms with E-state index in [9.17, 15) is 28.7 Å². The first-order valence-corrected chi connectivity index (χ1v) is 15.3. The molecule has 0 radical (unpaired) electrons. The summed E-state index contributed by atoms with van der Waals surface area (Å²) in [6.07, 6.45) is 1.88. The summed E-state index contributed by atoms with van der Waals surface area (Å²) in [4.78, 5) is 54.4. The molecular formula is C34H29Cl2FN2O5. The van der Waals surface area contributed by atoms with E-state index in [0.29, 0.717) is 11.0 Å². The minimum Gasteiger partial charge on any atom is -0.507 e. The fraction of sp³-hybridized carbons (Fsp3) is 0.353. The van der Waals surface area contributed by atoms with E-state index in [0.717, 1.165) is 22.4 Å². The molecule has 1 saturated carbocycles. The van der Waals surface area contributed by atoms with Gasteiger partial charge in [-0.2, -0.15) is 0 Å². The van der Waals surface area contributed by atoms with Gasteiger partial charge < -0.3 is 5.11 Å². The third kappa shape index (κ3) is 3.61. The van der Waals surface area contributed by atoms with Gasteiger partial charge in [-0.1, -0.05) is 48.0 Å². The molecule has 2 saturated heterocycles. The summed E-state index contributed by atoms with van der Waals surface area (Å²) in [5, 5.41) is 13.0. The number of nitrogens with zero attached hydrogens (tertiary/aromatic N) is 2. The molecule has 7 rings (SSSR count). The van der Waals surface area contributed by atoms with Crippen LogP contribution in [0.15, 0.2) is 72.3 Å². The van der Waals surface area contributed by atoms with E-state index in [4.69, 9.17) is 23.2 Å². The molecule has 1 N–H and O–H groups in total. The van der Waals surface area contributed by atoms with Gasteiger partial charge in [-0.15, -0.1) is 23.2 Å². The highest BCUT2D eigenvalue weighted by Crippen LogP contribution is 2.66. The summed E-state index contributed by atoms with van der Waals surface area (Å²) < 4.78 is 13.8. The number of amides is 4. The van der Waals surface area contributed by atoms with Crippen molar-refractivity contribution in [2.45, 2.75) is 54.8 Å². The average Bonchev–Trinajstić information content (AvgIpc) is 3.32. The van der Waals surface area contributed by atoms with Crippen LogP contribution in [0.5, 0.6) is 5.75 Å². The number of phenols is 1. The number of aromatic hydroxyl groups is 1. The lowest BCUT2D eigenvalue weighted by Gasteiger charge is -2.50. The van der Waals surface area contributed by atoms with Crippen molar-refractivity contribution in [1.82, 2.24) is 4.90 Å². The number of hydrogen-bond acceptors (Lipinski definition) is 5. The van der Waals surface area contributed by atoms with Crippen LogP contribution in [0, 0.1) is 23.6 Å². The molecule has 2 heterocycles. The minimum absolute atomic E-state index is 0.0955. The zero-order valence-electron chi connectivity index (χ0n) is 24.2. The summed E-state index contributed by atoms with van der Waals surface area (Å²) in [5.74, 6) is -6.28. The Morgan fingerprint density at radius 3 is 2.25 bits per heavy atom. The van der Waals surface area contributed by atoms with Gasteiger partial charge in [0.15, 0.2) is 9.75 Å². The Hall–Kier alpha value is -3.75. The fourth-order valence-electron chi connectivity index (χ4n) is 7.91. The van der Waals surface area contributed by atoms with Crippen LogP contribution in [0.25, 0.3) is 10.8 Å². The van der Waals surface area contributed by atoms with E-state index in [2.05, 4.69) is 0 Å². The zero-order valence-corrected chi connectivity index (χ0v) is 25.7.